The highest BCUT2D eigenvalue weighted by molar-refractivity contribution is 5.95. The van der Waals surface area contributed by atoms with Crippen LogP contribution in [0.3, 0.4) is 0 Å². The van der Waals surface area contributed by atoms with Crippen LogP contribution in [0.5, 0.6) is 0 Å². The fourth-order valence-corrected chi connectivity index (χ4v) is 2.64. The van der Waals surface area contributed by atoms with Gasteiger partial charge in [-0.2, -0.15) is 0 Å². The van der Waals surface area contributed by atoms with Crippen molar-refractivity contribution >= 4 is 28.6 Å². The first-order valence-electron chi connectivity index (χ1n) is 8.47. The number of nitrogens with one attached hydrogen (secondary N) is 2. The number of halogens is 1. The number of carbonyl (C=O) groups excluding carboxylic acids is 2. The lowest BCUT2D eigenvalue weighted by Crippen LogP contribution is -2.41. The van der Waals surface area contributed by atoms with Gasteiger partial charge in [-0.1, -0.05) is 0 Å². The van der Waals surface area contributed by atoms with E-state index >= 15 is 0 Å². The van der Waals surface area contributed by atoms with Crippen molar-refractivity contribution in [3.63, 3.8) is 0 Å². The number of carbonyl (C=O) groups is 2. The molecule has 0 saturated heterocycles. The van der Waals surface area contributed by atoms with E-state index in [9.17, 15) is 28.9 Å². The molecule has 1 aromatic heterocycles. The number of nitro groups is 1. The van der Waals surface area contributed by atoms with Crippen LogP contribution in [0.25, 0.3) is 11.1 Å². The highest BCUT2D eigenvalue weighted by atomic mass is 19.1. The Morgan fingerprint density at radius 1 is 1.14 bits per heavy atom. The van der Waals surface area contributed by atoms with Crippen molar-refractivity contribution in [2.45, 2.75) is 19.4 Å². The maximum atomic E-state index is 12.8. The zero-order valence-corrected chi connectivity index (χ0v) is 14.9. The minimum atomic E-state index is -0.689. The van der Waals surface area contributed by atoms with Gasteiger partial charge in [0, 0.05) is 24.6 Å². The van der Waals surface area contributed by atoms with Crippen LogP contribution < -0.4 is 16.6 Å². The van der Waals surface area contributed by atoms with Crippen LogP contribution in [-0.4, -0.2) is 21.3 Å². The van der Waals surface area contributed by atoms with Gasteiger partial charge in [0.25, 0.3) is 11.6 Å². The molecule has 0 radical (unpaired) electrons. The van der Waals surface area contributed by atoms with Gasteiger partial charge >= 0.3 is 5.76 Å². The molecule has 0 bridgehead atoms. The molecule has 0 atom stereocenters. The van der Waals surface area contributed by atoms with Crippen molar-refractivity contribution in [3.05, 3.63) is 74.5 Å². The van der Waals surface area contributed by atoms with E-state index in [4.69, 9.17) is 4.42 Å². The molecule has 0 fully saturated rings. The third kappa shape index (κ3) is 4.64. The fraction of sp³-hybridized carbons (Fsp3) is 0.167. The van der Waals surface area contributed by atoms with Gasteiger partial charge in [-0.3, -0.25) is 35.1 Å². The van der Waals surface area contributed by atoms with Crippen LogP contribution in [0.4, 0.5) is 10.1 Å². The summed E-state index contributed by atoms with van der Waals surface area (Å²) in [6.45, 7) is 0.142. The zero-order chi connectivity index (χ0) is 21.0. The number of amides is 2. The summed E-state index contributed by atoms with van der Waals surface area (Å²) in [5.41, 5.74) is 4.88. The molecule has 1 heterocycles. The van der Waals surface area contributed by atoms with Crippen LogP contribution in [0.15, 0.2) is 51.7 Å². The van der Waals surface area contributed by atoms with Gasteiger partial charge < -0.3 is 4.42 Å². The molecular weight excluding hydrogens is 387 g/mol. The Bertz CT molecular complexity index is 1140. The maximum Gasteiger partial charge on any atom is 0.419 e. The number of non-ortho nitro benzene ring substituents is 1. The summed E-state index contributed by atoms with van der Waals surface area (Å²) in [5, 5.41) is 10.8. The summed E-state index contributed by atoms with van der Waals surface area (Å²) in [6.07, 6.45) is 0.250. The molecule has 29 heavy (non-hydrogen) atoms. The number of rotatable bonds is 6. The van der Waals surface area contributed by atoms with E-state index in [1.807, 2.05) is 0 Å². The van der Waals surface area contributed by atoms with Crippen molar-refractivity contribution in [3.8, 4) is 0 Å². The Kier molecular flexibility index (Phi) is 5.67. The number of aryl methyl sites for hydroxylation is 1. The molecule has 2 N–H and O–H groups in total. The van der Waals surface area contributed by atoms with Crippen LogP contribution >= 0.6 is 0 Å². The molecule has 3 aromatic rings. The molecule has 0 aliphatic carbocycles. The monoisotopic (exact) mass is 402 g/mol. The van der Waals surface area contributed by atoms with E-state index in [1.165, 1.54) is 28.8 Å². The number of oxazole rings is 1. The van der Waals surface area contributed by atoms with E-state index in [0.29, 0.717) is 5.52 Å². The molecule has 2 aromatic carbocycles. The second kappa shape index (κ2) is 8.33. The molecule has 0 spiro atoms. The van der Waals surface area contributed by atoms with Crippen molar-refractivity contribution in [2.75, 3.05) is 0 Å². The lowest BCUT2D eigenvalue weighted by atomic mass is 10.2. The Labute approximate surface area is 162 Å². The molecule has 0 saturated carbocycles. The number of nitrogens with zero attached hydrogens (tertiary/aromatic N) is 2. The highest BCUT2D eigenvalue weighted by Crippen LogP contribution is 2.20. The number of benzene rings is 2. The summed E-state index contributed by atoms with van der Waals surface area (Å²) in [7, 11) is 0. The van der Waals surface area contributed by atoms with Crippen molar-refractivity contribution in [1.29, 1.82) is 0 Å². The molecular formula is C18H15FN4O6. The van der Waals surface area contributed by atoms with Gasteiger partial charge in [0.1, 0.15) is 5.82 Å². The largest absolute Gasteiger partial charge is 0.419 e. The molecule has 150 valence electrons. The number of nitro benzene ring substituents is 1. The van der Waals surface area contributed by atoms with Gasteiger partial charge in [-0.15, -0.1) is 0 Å². The molecule has 2 amide bonds. The van der Waals surface area contributed by atoms with Crippen molar-refractivity contribution < 1.29 is 23.3 Å². The smallest absolute Gasteiger partial charge is 0.407 e. The van der Waals surface area contributed by atoms with Crippen molar-refractivity contribution in [1.82, 2.24) is 15.4 Å². The van der Waals surface area contributed by atoms with Crippen molar-refractivity contribution in [2.24, 2.45) is 0 Å². The molecule has 3 rings (SSSR count). The summed E-state index contributed by atoms with van der Waals surface area (Å²) < 4.78 is 19.1. The summed E-state index contributed by atoms with van der Waals surface area (Å²) in [6, 6.07) is 8.61. The second-order valence-corrected chi connectivity index (χ2v) is 6.04. The molecule has 0 aliphatic heterocycles. The van der Waals surface area contributed by atoms with E-state index < -0.39 is 28.3 Å². The third-order valence-electron chi connectivity index (χ3n) is 4.07. The lowest BCUT2D eigenvalue weighted by molar-refractivity contribution is -0.384. The minimum absolute atomic E-state index is 0.00417. The molecule has 10 nitrogen and oxygen atoms in total. The summed E-state index contributed by atoms with van der Waals surface area (Å²) >= 11 is 0. The van der Waals surface area contributed by atoms with Crippen LogP contribution in [-0.2, 0) is 11.3 Å². The lowest BCUT2D eigenvalue weighted by Gasteiger charge is -2.07. The third-order valence-corrected chi connectivity index (χ3v) is 4.07. The Morgan fingerprint density at radius 3 is 2.55 bits per heavy atom. The first-order valence-corrected chi connectivity index (χ1v) is 8.47. The SMILES string of the molecule is O=C(CCCn1c(=O)oc2cc([N+](=O)[O-])ccc21)NNC(=O)c1ccc(F)cc1. The van der Waals surface area contributed by atoms with Crippen LogP contribution in [0, 0.1) is 15.9 Å². The van der Waals surface area contributed by atoms with E-state index in [2.05, 4.69) is 10.9 Å². The number of hydrogen-bond donors (Lipinski definition) is 2. The summed E-state index contributed by atoms with van der Waals surface area (Å²) in [5.74, 6) is -2.26. The van der Waals surface area contributed by atoms with E-state index in [-0.39, 0.29) is 36.2 Å². The van der Waals surface area contributed by atoms with Crippen LogP contribution in [0.2, 0.25) is 0 Å². The maximum absolute atomic E-state index is 12.8. The Balaban J connectivity index is 1.53. The number of fused-ring (bicyclic) bond motifs is 1. The predicted molar refractivity (Wildman–Crippen MR) is 98.4 cm³/mol. The number of hydrogen-bond acceptors (Lipinski definition) is 6. The fourth-order valence-electron chi connectivity index (χ4n) is 2.64. The molecule has 0 unspecified atom stereocenters. The van der Waals surface area contributed by atoms with Crippen LogP contribution in [0.1, 0.15) is 23.2 Å². The number of aromatic nitrogens is 1. The average molecular weight is 402 g/mol. The second-order valence-electron chi connectivity index (χ2n) is 6.04. The topological polar surface area (TPSA) is 136 Å². The predicted octanol–water partition coefficient (Wildman–Crippen LogP) is 1.88. The van der Waals surface area contributed by atoms with E-state index in [1.54, 1.807) is 0 Å². The standard InChI is InChI=1S/C18H15FN4O6/c19-12-5-3-11(4-6-12)17(25)21-20-16(24)2-1-9-22-14-8-7-13(23(27)28)10-15(14)29-18(22)26/h3-8,10H,1-2,9H2,(H,20,24)(H,21,25). The van der Waals surface area contributed by atoms with Gasteiger partial charge in [0.2, 0.25) is 5.91 Å². The van der Waals surface area contributed by atoms with Gasteiger partial charge in [-0.05, 0) is 36.8 Å². The van der Waals surface area contributed by atoms with E-state index in [0.717, 1.165) is 18.2 Å². The quantitative estimate of drug-likeness (QED) is 0.477. The van der Waals surface area contributed by atoms with Gasteiger partial charge in [-0.25, -0.2) is 9.18 Å². The Hall–Kier alpha value is -4.02. The molecule has 0 aliphatic rings. The first-order chi connectivity index (χ1) is 13.8. The highest BCUT2D eigenvalue weighted by Gasteiger charge is 2.14. The summed E-state index contributed by atoms with van der Waals surface area (Å²) in [4.78, 5) is 45.8. The Morgan fingerprint density at radius 2 is 1.86 bits per heavy atom. The molecule has 11 heteroatoms. The van der Waals surface area contributed by atoms with Gasteiger partial charge in [0.15, 0.2) is 5.58 Å². The normalized spacial score (nSPS) is 10.7. The minimum Gasteiger partial charge on any atom is -0.407 e. The average Bonchev–Trinajstić information content (AvgIpc) is 3.01. The first kappa shape index (κ1) is 19.7. The van der Waals surface area contributed by atoms with Gasteiger partial charge in [0.05, 0.1) is 16.5 Å². The number of hydrazine groups is 1. The zero-order valence-electron chi connectivity index (χ0n) is 14.9.